The molecule has 1 saturated carbocycles. The van der Waals surface area contributed by atoms with Crippen molar-refractivity contribution in [2.45, 2.75) is 31.6 Å². The van der Waals surface area contributed by atoms with E-state index in [4.69, 9.17) is 0 Å². The molecule has 2 aliphatic rings. The Labute approximate surface area is 137 Å². The van der Waals surface area contributed by atoms with Crippen molar-refractivity contribution in [3.63, 3.8) is 0 Å². The van der Waals surface area contributed by atoms with Crippen LogP contribution in [0.15, 0.2) is 30.3 Å². The van der Waals surface area contributed by atoms with E-state index in [0.29, 0.717) is 18.9 Å². The molecule has 0 aromatic heterocycles. The number of nitrogens with one attached hydrogen (secondary N) is 2. The number of benzene rings is 1. The van der Waals surface area contributed by atoms with Crippen LogP contribution in [0.25, 0.3) is 0 Å². The van der Waals surface area contributed by atoms with Gasteiger partial charge >= 0.3 is 6.03 Å². The smallest absolute Gasteiger partial charge is 0.314 e. The van der Waals surface area contributed by atoms with E-state index in [1.165, 1.54) is 24.8 Å². The number of carbonyl (C=O) groups excluding carboxylic acids is 2. The number of likely N-dealkylation sites (tertiary alicyclic amines) is 1. The summed E-state index contributed by atoms with van der Waals surface area (Å²) in [6.07, 6.45) is 4.06. The monoisotopic (exact) mass is 315 g/mol. The zero-order chi connectivity index (χ0) is 16.3. The highest BCUT2D eigenvalue weighted by molar-refractivity contribution is 5.78. The number of carbonyl (C=O) groups is 2. The van der Waals surface area contributed by atoms with Crippen LogP contribution in [-0.4, -0.2) is 43.5 Å². The van der Waals surface area contributed by atoms with E-state index in [1.807, 2.05) is 11.0 Å². The van der Waals surface area contributed by atoms with Crippen LogP contribution < -0.4 is 10.6 Å². The Bertz CT molecular complexity index is 569. The molecule has 1 aliphatic carbocycles. The fourth-order valence-corrected chi connectivity index (χ4v) is 3.97. The van der Waals surface area contributed by atoms with Gasteiger partial charge in [-0.1, -0.05) is 36.8 Å². The molecule has 124 valence electrons. The zero-order valence-corrected chi connectivity index (χ0v) is 13.7. The van der Waals surface area contributed by atoms with Crippen molar-refractivity contribution >= 4 is 11.9 Å². The lowest BCUT2D eigenvalue weighted by atomic mass is 9.61. The standard InChI is InChI=1S/C18H25N3O2/c1-19-17(23)20-11-8-16(22)21-12-15(14-6-3-2-4-7-14)18(13-21)9-5-10-18/h2-4,6-7,15H,5,8-13H2,1H3,(H2,19,20,23). The van der Waals surface area contributed by atoms with E-state index in [1.54, 1.807) is 7.05 Å². The van der Waals surface area contributed by atoms with Gasteiger partial charge in [-0.25, -0.2) is 4.79 Å². The van der Waals surface area contributed by atoms with Crippen molar-refractivity contribution in [3.8, 4) is 0 Å². The Balaban J connectivity index is 1.62. The Kier molecular flexibility index (Phi) is 4.55. The first-order valence-corrected chi connectivity index (χ1v) is 8.43. The van der Waals surface area contributed by atoms with Crippen molar-refractivity contribution in [1.82, 2.24) is 15.5 Å². The second-order valence-corrected chi connectivity index (χ2v) is 6.71. The van der Waals surface area contributed by atoms with Crippen LogP contribution in [0.1, 0.15) is 37.2 Å². The van der Waals surface area contributed by atoms with Gasteiger partial charge in [0.05, 0.1) is 0 Å². The first kappa shape index (κ1) is 15.8. The van der Waals surface area contributed by atoms with Gasteiger partial charge in [-0.05, 0) is 23.8 Å². The van der Waals surface area contributed by atoms with Crippen molar-refractivity contribution in [2.75, 3.05) is 26.7 Å². The van der Waals surface area contributed by atoms with Crippen molar-refractivity contribution in [1.29, 1.82) is 0 Å². The quantitative estimate of drug-likeness (QED) is 0.894. The van der Waals surface area contributed by atoms with Gasteiger partial charge in [0.2, 0.25) is 5.91 Å². The first-order valence-electron chi connectivity index (χ1n) is 8.43. The van der Waals surface area contributed by atoms with E-state index in [0.717, 1.165) is 13.1 Å². The minimum Gasteiger partial charge on any atom is -0.341 e. The third-order valence-corrected chi connectivity index (χ3v) is 5.40. The van der Waals surface area contributed by atoms with E-state index < -0.39 is 0 Å². The first-order chi connectivity index (χ1) is 11.1. The molecule has 3 amide bonds. The second kappa shape index (κ2) is 6.60. The van der Waals surface area contributed by atoms with Crippen LogP contribution in [0.3, 0.4) is 0 Å². The Morgan fingerprint density at radius 3 is 2.61 bits per heavy atom. The number of hydrogen-bond acceptors (Lipinski definition) is 2. The fraction of sp³-hybridized carbons (Fsp3) is 0.556. The van der Waals surface area contributed by atoms with E-state index in [-0.39, 0.29) is 17.4 Å². The van der Waals surface area contributed by atoms with Crippen molar-refractivity contribution in [3.05, 3.63) is 35.9 Å². The molecule has 5 heteroatoms. The van der Waals surface area contributed by atoms with E-state index in [9.17, 15) is 9.59 Å². The molecule has 1 aromatic carbocycles. The molecular weight excluding hydrogens is 290 g/mol. The molecule has 0 radical (unpaired) electrons. The summed E-state index contributed by atoms with van der Waals surface area (Å²) in [7, 11) is 1.57. The maximum atomic E-state index is 12.5. The molecule has 23 heavy (non-hydrogen) atoms. The molecule has 1 saturated heterocycles. The van der Waals surface area contributed by atoms with Crippen LogP contribution in [0.2, 0.25) is 0 Å². The molecule has 3 rings (SSSR count). The summed E-state index contributed by atoms with van der Waals surface area (Å²) in [6, 6.07) is 10.3. The molecule has 1 heterocycles. The maximum absolute atomic E-state index is 12.5. The molecule has 0 bridgehead atoms. The van der Waals surface area contributed by atoms with Crippen LogP contribution >= 0.6 is 0 Å². The molecule has 1 atom stereocenters. The molecule has 1 aromatic rings. The summed E-state index contributed by atoms with van der Waals surface area (Å²) in [5.41, 5.74) is 1.64. The van der Waals surface area contributed by atoms with Crippen LogP contribution in [0.4, 0.5) is 4.79 Å². The molecular formula is C18H25N3O2. The van der Waals surface area contributed by atoms with Gasteiger partial charge in [0.25, 0.3) is 0 Å². The van der Waals surface area contributed by atoms with Crippen LogP contribution in [-0.2, 0) is 4.79 Å². The highest BCUT2D eigenvalue weighted by atomic mass is 16.2. The third-order valence-electron chi connectivity index (χ3n) is 5.40. The Morgan fingerprint density at radius 2 is 2.00 bits per heavy atom. The number of rotatable bonds is 4. The molecule has 1 aliphatic heterocycles. The van der Waals surface area contributed by atoms with Gasteiger partial charge in [-0.3, -0.25) is 4.79 Å². The van der Waals surface area contributed by atoms with Gasteiger partial charge in [-0.15, -0.1) is 0 Å². The summed E-state index contributed by atoms with van der Waals surface area (Å²) >= 11 is 0. The number of nitrogens with zero attached hydrogens (tertiary/aromatic N) is 1. The molecule has 1 unspecified atom stereocenters. The average molecular weight is 315 g/mol. The summed E-state index contributed by atoms with van der Waals surface area (Å²) in [4.78, 5) is 25.6. The normalized spacial score (nSPS) is 21.8. The van der Waals surface area contributed by atoms with Crippen molar-refractivity contribution in [2.24, 2.45) is 5.41 Å². The van der Waals surface area contributed by atoms with Gasteiger partial charge in [0.1, 0.15) is 0 Å². The second-order valence-electron chi connectivity index (χ2n) is 6.71. The Hall–Kier alpha value is -2.04. The minimum absolute atomic E-state index is 0.145. The summed E-state index contributed by atoms with van der Waals surface area (Å²) in [5.74, 6) is 0.597. The minimum atomic E-state index is -0.239. The number of amides is 3. The van der Waals surface area contributed by atoms with Gasteiger partial charge in [-0.2, -0.15) is 0 Å². The summed E-state index contributed by atoms with van der Waals surface area (Å²) < 4.78 is 0. The largest absolute Gasteiger partial charge is 0.341 e. The molecule has 2 fully saturated rings. The SMILES string of the molecule is CNC(=O)NCCC(=O)N1CC(c2ccccc2)C2(CCC2)C1. The van der Waals surface area contributed by atoms with Gasteiger partial charge < -0.3 is 15.5 Å². The van der Waals surface area contributed by atoms with Crippen molar-refractivity contribution < 1.29 is 9.59 Å². The molecule has 5 nitrogen and oxygen atoms in total. The van der Waals surface area contributed by atoms with E-state index >= 15 is 0 Å². The summed E-state index contributed by atoms with van der Waals surface area (Å²) in [5, 5.41) is 5.17. The average Bonchev–Trinajstić information content (AvgIpc) is 2.96. The predicted molar refractivity (Wildman–Crippen MR) is 89.1 cm³/mol. The molecule has 2 N–H and O–H groups in total. The Morgan fingerprint density at radius 1 is 1.26 bits per heavy atom. The number of urea groups is 1. The fourth-order valence-electron chi connectivity index (χ4n) is 3.97. The lowest BCUT2D eigenvalue weighted by Gasteiger charge is -2.43. The highest BCUT2D eigenvalue weighted by Gasteiger charge is 2.51. The lowest BCUT2D eigenvalue weighted by molar-refractivity contribution is -0.130. The van der Waals surface area contributed by atoms with Crippen LogP contribution in [0, 0.1) is 5.41 Å². The molecule has 1 spiro atoms. The van der Waals surface area contributed by atoms with Gasteiger partial charge in [0.15, 0.2) is 0 Å². The van der Waals surface area contributed by atoms with E-state index in [2.05, 4.69) is 34.9 Å². The van der Waals surface area contributed by atoms with Crippen LogP contribution in [0.5, 0.6) is 0 Å². The summed E-state index contributed by atoms with van der Waals surface area (Å²) in [6.45, 7) is 2.06. The highest BCUT2D eigenvalue weighted by Crippen LogP contribution is 2.55. The number of hydrogen-bond donors (Lipinski definition) is 2. The topological polar surface area (TPSA) is 61.4 Å². The zero-order valence-electron chi connectivity index (χ0n) is 13.7. The lowest BCUT2D eigenvalue weighted by Crippen LogP contribution is -2.39. The predicted octanol–water partition coefficient (Wildman–Crippen LogP) is 2.10. The third kappa shape index (κ3) is 3.19. The van der Waals surface area contributed by atoms with Gasteiger partial charge in [0, 0.05) is 39.0 Å². The maximum Gasteiger partial charge on any atom is 0.314 e.